The van der Waals surface area contributed by atoms with E-state index in [-0.39, 0.29) is 5.54 Å². The topological polar surface area (TPSA) is 32.7 Å². The number of aromatic hydroxyl groups is 1. The quantitative estimate of drug-likeness (QED) is 0.910. The van der Waals surface area contributed by atoms with Crippen molar-refractivity contribution in [1.29, 1.82) is 0 Å². The number of hydrogen-bond donors (Lipinski definition) is 1. The number of benzene rings is 1. The molecule has 0 bridgehead atoms. The van der Waals surface area contributed by atoms with Crippen molar-refractivity contribution in [2.75, 3.05) is 19.8 Å². The van der Waals surface area contributed by atoms with Gasteiger partial charge in [0.2, 0.25) is 0 Å². The first-order chi connectivity index (χ1) is 8.40. The van der Waals surface area contributed by atoms with Gasteiger partial charge in [-0.2, -0.15) is 0 Å². The number of ether oxygens (including phenoxy) is 1. The summed E-state index contributed by atoms with van der Waals surface area (Å²) in [6.45, 7) is 9.43. The first kappa shape index (κ1) is 13.8. The van der Waals surface area contributed by atoms with Crippen LogP contribution in [0.4, 0.5) is 0 Å². The molecule has 0 aliphatic carbocycles. The van der Waals surface area contributed by atoms with Crippen molar-refractivity contribution in [2.45, 2.75) is 32.9 Å². The molecule has 0 saturated carbocycles. The van der Waals surface area contributed by atoms with E-state index in [1.165, 1.54) is 0 Å². The molecule has 0 unspecified atom stereocenters. The zero-order chi connectivity index (χ0) is 13.3. The largest absolute Gasteiger partial charge is 0.507 e. The predicted molar refractivity (Wildman–Crippen MR) is 75.9 cm³/mol. The Morgan fingerprint density at radius 2 is 2.17 bits per heavy atom. The van der Waals surface area contributed by atoms with Crippen LogP contribution in [0.2, 0.25) is 0 Å². The molecule has 1 fully saturated rings. The maximum atomic E-state index is 10.1. The predicted octanol–water partition coefficient (Wildman–Crippen LogP) is 3.07. The van der Waals surface area contributed by atoms with Crippen LogP contribution in [-0.2, 0) is 11.3 Å². The highest BCUT2D eigenvalue weighted by Crippen LogP contribution is 2.30. The van der Waals surface area contributed by atoms with Crippen LogP contribution in [-0.4, -0.2) is 35.3 Å². The van der Waals surface area contributed by atoms with Gasteiger partial charge < -0.3 is 9.84 Å². The van der Waals surface area contributed by atoms with Crippen LogP contribution in [0, 0.1) is 6.92 Å². The van der Waals surface area contributed by atoms with E-state index in [0.717, 1.165) is 41.9 Å². The summed E-state index contributed by atoms with van der Waals surface area (Å²) in [5.74, 6) is 0.403. The minimum absolute atomic E-state index is 0.0148. The second kappa shape index (κ2) is 5.19. The van der Waals surface area contributed by atoms with Crippen LogP contribution in [0.1, 0.15) is 25.0 Å². The van der Waals surface area contributed by atoms with Crippen LogP contribution in [0.3, 0.4) is 0 Å². The molecule has 1 saturated heterocycles. The summed E-state index contributed by atoms with van der Waals surface area (Å²) in [7, 11) is 0. The number of rotatable bonds is 2. The van der Waals surface area contributed by atoms with Crippen molar-refractivity contribution in [1.82, 2.24) is 4.90 Å². The third-order valence-electron chi connectivity index (χ3n) is 3.52. The molecular weight excluding hydrogens is 294 g/mol. The van der Waals surface area contributed by atoms with E-state index in [4.69, 9.17) is 4.74 Å². The van der Waals surface area contributed by atoms with E-state index in [1.807, 2.05) is 19.1 Å². The summed E-state index contributed by atoms with van der Waals surface area (Å²) in [5, 5.41) is 10.1. The second-order valence-corrected chi connectivity index (χ2v) is 6.43. The molecule has 0 atom stereocenters. The minimum atomic E-state index is 0.0148. The average Bonchev–Trinajstić information content (AvgIpc) is 2.27. The molecule has 0 amide bonds. The van der Waals surface area contributed by atoms with Gasteiger partial charge in [0.25, 0.3) is 0 Å². The molecule has 2 rings (SSSR count). The first-order valence-electron chi connectivity index (χ1n) is 6.21. The second-order valence-electron chi connectivity index (χ2n) is 5.52. The Bertz CT molecular complexity index is 446. The summed E-state index contributed by atoms with van der Waals surface area (Å²) in [4.78, 5) is 2.36. The zero-order valence-electron chi connectivity index (χ0n) is 11.2. The number of phenolic OH excluding ortho intramolecular Hbond substituents is 1. The van der Waals surface area contributed by atoms with Gasteiger partial charge in [-0.3, -0.25) is 4.90 Å². The van der Waals surface area contributed by atoms with E-state index in [2.05, 4.69) is 34.7 Å². The lowest BCUT2D eigenvalue weighted by atomic mass is 10.0. The third-order valence-corrected chi connectivity index (χ3v) is 3.98. The molecule has 1 N–H and O–H groups in total. The number of hydrogen-bond acceptors (Lipinski definition) is 3. The van der Waals surface area contributed by atoms with Crippen molar-refractivity contribution in [3.05, 3.63) is 27.7 Å². The highest BCUT2D eigenvalue weighted by molar-refractivity contribution is 9.10. The van der Waals surface area contributed by atoms with Crippen molar-refractivity contribution in [3.8, 4) is 5.75 Å². The van der Waals surface area contributed by atoms with E-state index in [1.54, 1.807) is 0 Å². The molecule has 0 aromatic heterocycles. The molecule has 1 aliphatic rings. The number of phenols is 1. The lowest BCUT2D eigenvalue weighted by Gasteiger charge is -2.42. The van der Waals surface area contributed by atoms with Gasteiger partial charge in [0.15, 0.2) is 0 Å². The number of morpholine rings is 1. The first-order valence-corrected chi connectivity index (χ1v) is 7.00. The number of nitrogens with zero attached hydrogens (tertiary/aromatic N) is 1. The summed E-state index contributed by atoms with van der Waals surface area (Å²) in [6, 6.07) is 3.93. The normalized spacial score (nSPS) is 20.0. The van der Waals surface area contributed by atoms with Gasteiger partial charge in [-0.1, -0.05) is 15.9 Å². The Labute approximate surface area is 117 Å². The highest BCUT2D eigenvalue weighted by Gasteiger charge is 2.30. The van der Waals surface area contributed by atoms with Gasteiger partial charge >= 0.3 is 0 Å². The van der Waals surface area contributed by atoms with Crippen molar-refractivity contribution < 1.29 is 9.84 Å². The van der Waals surface area contributed by atoms with Crippen LogP contribution in [0.5, 0.6) is 5.75 Å². The molecule has 18 heavy (non-hydrogen) atoms. The molecule has 3 nitrogen and oxygen atoms in total. The minimum Gasteiger partial charge on any atom is -0.507 e. The fourth-order valence-corrected chi connectivity index (χ4v) is 2.93. The smallest absolute Gasteiger partial charge is 0.123 e. The summed E-state index contributed by atoms with van der Waals surface area (Å²) in [6.07, 6.45) is 0. The monoisotopic (exact) mass is 313 g/mol. The number of halogens is 1. The molecule has 1 heterocycles. The lowest BCUT2D eigenvalue weighted by Crippen LogP contribution is -2.52. The van der Waals surface area contributed by atoms with Crippen molar-refractivity contribution in [2.24, 2.45) is 0 Å². The number of aryl methyl sites for hydroxylation is 1. The maximum Gasteiger partial charge on any atom is 0.123 e. The van der Waals surface area contributed by atoms with Crippen molar-refractivity contribution >= 4 is 15.9 Å². The zero-order valence-corrected chi connectivity index (χ0v) is 12.7. The van der Waals surface area contributed by atoms with Gasteiger partial charge in [-0.15, -0.1) is 0 Å². The Morgan fingerprint density at radius 3 is 2.83 bits per heavy atom. The molecule has 1 aromatic carbocycles. The third kappa shape index (κ3) is 2.87. The summed E-state index contributed by atoms with van der Waals surface area (Å²) >= 11 is 3.49. The Hall–Kier alpha value is -0.580. The van der Waals surface area contributed by atoms with Crippen LogP contribution < -0.4 is 0 Å². The van der Waals surface area contributed by atoms with Gasteiger partial charge in [-0.25, -0.2) is 0 Å². The molecule has 1 aliphatic heterocycles. The van der Waals surface area contributed by atoms with Crippen LogP contribution in [0.25, 0.3) is 0 Å². The molecule has 0 spiro atoms. The van der Waals surface area contributed by atoms with Crippen LogP contribution in [0.15, 0.2) is 16.6 Å². The van der Waals surface area contributed by atoms with Crippen molar-refractivity contribution in [3.63, 3.8) is 0 Å². The molecule has 1 aromatic rings. The van der Waals surface area contributed by atoms with E-state index >= 15 is 0 Å². The molecule has 4 heteroatoms. The van der Waals surface area contributed by atoms with Gasteiger partial charge in [0.1, 0.15) is 5.75 Å². The van der Waals surface area contributed by atoms with E-state index in [0.29, 0.717) is 5.75 Å². The van der Waals surface area contributed by atoms with E-state index in [9.17, 15) is 5.11 Å². The Morgan fingerprint density at radius 1 is 1.44 bits per heavy atom. The molecule has 0 radical (unpaired) electrons. The molecular formula is C14H20BrNO2. The SMILES string of the molecule is Cc1cc(Br)cc(CN2CCOCC2(C)C)c1O. The van der Waals surface area contributed by atoms with Gasteiger partial charge in [0, 0.05) is 28.7 Å². The average molecular weight is 314 g/mol. The fourth-order valence-electron chi connectivity index (χ4n) is 2.31. The summed E-state index contributed by atoms with van der Waals surface area (Å²) < 4.78 is 6.53. The van der Waals surface area contributed by atoms with Gasteiger partial charge in [0.05, 0.1) is 13.2 Å². The highest BCUT2D eigenvalue weighted by atomic mass is 79.9. The maximum absolute atomic E-state index is 10.1. The lowest BCUT2D eigenvalue weighted by molar-refractivity contribution is -0.0555. The molecule has 100 valence electrons. The fraction of sp³-hybridized carbons (Fsp3) is 0.571. The standard InChI is InChI=1S/C14H20BrNO2/c1-10-6-12(15)7-11(13(10)17)8-16-4-5-18-9-14(16,2)3/h6-7,17H,4-5,8-9H2,1-3H3. The Kier molecular flexibility index (Phi) is 3.99. The van der Waals surface area contributed by atoms with Crippen LogP contribution >= 0.6 is 15.9 Å². The Balaban J connectivity index is 2.23. The summed E-state index contributed by atoms with van der Waals surface area (Å²) in [5.41, 5.74) is 1.89. The van der Waals surface area contributed by atoms with E-state index < -0.39 is 0 Å². The van der Waals surface area contributed by atoms with Gasteiger partial charge in [-0.05, 0) is 38.5 Å².